The van der Waals surface area contributed by atoms with E-state index in [1.165, 1.54) is 5.56 Å². The van der Waals surface area contributed by atoms with Gasteiger partial charge in [-0.05, 0) is 37.5 Å². The minimum atomic E-state index is -0.654. The normalized spacial score (nSPS) is 16.5. The molecule has 1 aromatic rings. The van der Waals surface area contributed by atoms with Gasteiger partial charge in [0.2, 0.25) is 5.91 Å². The number of β-amino-alcohol motifs (C(OH)–C–C–N with tert-alkyl or cyclic N) is 1. The first kappa shape index (κ1) is 15.8. The van der Waals surface area contributed by atoms with Crippen molar-refractivity contribution in [1.82, 2.24) is 4.90 Å². The van der Waals surface area contributed by atoms with Gasteiger partial charge in [0.25, 0.3) is 0 Å². The van der Waals surface area contributed by atoms with Crippen LogP contribution >= 0.6 is 0 Å². The highest BCUT2D eigenvalue weighted by atomic mass is 16.5. The van der Waals surface area contributed by atoms with E-state index in [1.807, 2.05) is 39.0 Å². The summed E-state index contributed by atoms with van der Waals surface area (Å²) in [5.41, 5.74) is 1.65. The molecule has 1 amide bonds. The first-order valence-corrected chi connectivity index (χ1v) is 7.64. The summed E-state index contributed by atoms with van der Waals surface area (Å²) in [4.78, 5) is 13.7. The van der Waals surface area contributed by atoms with Gasteiger partial charge in [-0.25, -0.2) is 0 Å². The Hall–Kier alpha value is -1.55. The molecule has 0 spiro atoms. The van der Waals surface area contributed by atoms with Gasteiger partial charge >= 0.3 is 0 Å². The van der Waals surface area contributed by atoms with Crippen molar-refractivity contribution in [1.29, 1.82) is 0 Å². The number of carbonyl (C=O) groups excluding carboxylic acids is 1. The second-order valence-corrected chi connectivity index (χ2v) is 6.02. The molecule has 4 nitrogen and oxygen atoms in total. The lowest BCUT2D eigenvalue weighted by molar-refractivity contribution is -0.157. The van der Waals surface area contributed by atoms with Crippen molar-refractivity contribution >= 4 is 5.91 Å². The summed E-state index contributed by atoms with van der Waals surface area (Å²) < 4.78 is 5.70. The van der Waals surface area contributed by atoms with E-state index in [0.29, 0.717) is 26.1 Å². The van der Waals surface area contributed by atoms with Gasteiger partial charge in [0, 0.05) is 0 Å². The lowest BCUT2D eigenvalue weighted by atomic mass is 9.89. The third kappa shape index (κ3) is 3.76. The maximum absolute atomic E-state index is 12.0. The fourth-order valence-corrected chi connectivity index (χ4v) is 2.75. The summed E-state index contributed by atoms with van der Waals surface area (Å²) in [5, 5.41) is 10.1. The topological polar surface area (TPSA) is 49.8 Å². The fourth-order valence-electron chi connectivity index (χ4n) is 2.75. The largest absolute Gasteiger partial charge is 0.493 e. The van der Waals surface area contributed by atoms with E-state index in [1.54, 1.807) is 4.90 Å². The Kier molecular flexibility index (Phi) is 4.88. The molecule has 1 heterocycles. The van der Waals surface area contributed by atoms with Crippen LogP contribution in [0.15, 0.2) is 18.2 Å². The van der Waals surface area contributed by atoms with Crippen molar-refractivity contribution in [2.75, 3.05) is 19.7 Å². The molecule has 0 saturated carbocycles. The van der Waals surface area contributed by atoms with Crippen LogP contribution in [0, 0.1) is 13.8 Å². The molecule has 0 aromatic heterocycles. The van der Waals surface area contributed by atoms with Crippen LogP contribution in [0.5, 0.6) is 5.75 Å². The molecule has 0 radical (unpaired) electrons. The highest BCUT2D eigenvalue weighted by Crippen LogP contribution is 2.26. The van der Waals surface area contributed by atoms with E-state index in [4.69, 9.17) is 4.74 Å². The number of rotatable bonds is 6. The second-order valence-electron chi connectivity index (χ2n) is 6.02. The maximum atomic E-state index is 12.0. The van der Waals surface area contributed by atoms with Crippen molar-refractivity contribution in [3.05, 3.63) is 29.3 Å². The molecule has 0 bridgehead atoms. The molecule has 0 aliphatic carbocycles. The van der Waals surface area contributed by atoms with Gasteiger partial charge < -0.3 is 14.7 Å². The van der Waals surface area contributed by atoms with E-state index < -0.39 is 5.60 Å². The summed E-state index contributed by atoms with van der Waals surface area (Å²) in [7, 11) is 0. The molecule has 116 valence electrons. The molecule has 1 fully saturated rings. The number of aryl methyl sites for hydroxylation is 1. The monoisotopic (exact) mass is 291 g/mol. The summed E-state index contributed by atoms with van der Waals surface area (Å²) >= 11 is 0. The van der Waals surface area contributed by atoms with Crippen molar-refractivity contribution in [2.45, 2.75) is 45.6 Å². The lowest BCUT2D eigenvalue weighted by Gasteiger charge is -2.46. The van der Waals surface area contributed by atoms with Gasteiger partial charge in [-0.3, -0.25) is 4.79 Å². The zero-order chi connectivity index (χ0) is 15.5. The van der Waals surface area contributed by atoms with Crippen LogP contribution in [0.1, 0.15) is 37.3 Å². The third-order valence-electron chi connectivity index (χ3n) is 4.17. The van der Waals surface area contributed by atoms with Crippen molar-refractivity contribution in [3.8, 4) is 5.75 Å². The summed E-state index contributed by atoms with van der Waals surface area (Å²) in [6.45, 7) is 7.41. The number of carbonyl (C=O) groups is 1. The molecule has 2 rings (SSSR count). The number of aliphatic hydroxyl groups is 1. The summed E-state index contributed by atoms with van der Waals surface area (Å²) in [6, 6.07) is 5.93. The van der Waals surface area contributed by atoms with Crippen LogP contribution in [-0.4, -0.2) is 41.2 Å². The Morgan fingerprint density at radius 1 is 1.38 bits per heavy atom. The van der Waals surface area contributed by atoms with Gasteiger partial charge in [0.05, 0.1) is 31.7 Å². The molecule has 1 saturated heterocycles. The van der Waals surface area contributed by atoms with E-state index in [0.717, 1.165) is 24.2 Å². The lowest BCUT2D eigenvalue weighted by Crippen LogP contribution is -2.63. The first-order valence-electron chi connectivity index (χ1n) is 7.64. The van der Waals surface area contributed by atoms with Crippen LogP contribution < -0.4 is 4.74 Å². The SMILES string of the molecule is CCCC1(O)CN(C(=O)CCOc2cccc(C)c2C)C1. The number of hydrogen-bond acceptors (Lipinski definition) is 3. The molecule has 4 heteroatoms. The number of hydrogen-bond donors (Lipinski definition) is 1. The van der Waals surface area contributed by atoms with Crippen molar-refractivity contribution in [3.63, 3.8) is 0 Å². The number of likely N-dealkylation sites (tertiary alicyclic amines) is 1. The average molecular weight is 291 g/mol. The van der Waals surface area contributed by atoms with Crippen molar-refractivity contribution < 1.29 is 14.6 Å². The van der Waals surface area contributed by atoms with Gasteiger partial charge in [-0.1, -0.05) is 25.5 Å². The molecule has 1 aliphatic heterocycles. The third-order valence-corrected chi connectivity index (χ3v) is 4.17. The van der Waals surface area contributed by atoms with Gasteiger partial charge in [-0.15, -0.1) is 0 Å². The Morgan fingerprint density at radius 2 is 2.10 bits per heavy atom. The Morgan fingerprint density at radius 3 is 2.76 bits per heavy atom. The van der Waals surface area contributed by atoms with E-state index in [2.05, 4.69) is 0 Å². The Labute approximate surface area is 126 Å². The number of ether oxygens (including phenoxy) is 1. The molecule has 1 aromatic carbocycles. The molecule has 1 aliphatic rings. The smallest absolute Gasteiger partial charge is 0.226 e. The highest BCUT2D eigenvalue weighted by molar-refractivity contribution is 5.77. The summed E-state index contributed by atoms with van der Waals surface area (Å²) in [6.07, 6.45) is 2.06. The van der Waals surface area contributed by atoms with E-state index in [9.17, 15) is 9.90 Å². The van der Waals surface area contributed by atoms with Gasteiger partial charge in [-0.2, -0.15) is 0 Å². The average Bonchev–Trinajstić information content (AvgIpc) is 2.41. The number of nitrogens with zero attached hydrogens (tertiary/aromatic N) is 1. The maximum Gasteiger partial charge on any atom is 0.226 e. The minimum absolute atomic E-state index is 0.0566. The van der Waals surface area contributed by atoms with E-state index in [-0.39, 0.29) is 5.91 Å². The minimum Gasteiger partial charge on any atom is -0.493 e. The van der Waals surface area contributed by atoms with E-state index >= 15 is 0 Å². The van der Waals surface area contributed by atoms with Gasteiger partial charge in [0.1, 0.15) is 5.75 Å². The molecule has 1 N–H and O–H groups in total. The van der Waals surface area contributed by atoms with Crippen LogP contribution in [-0.2, 0) is 4.79 Å². The zero-order valence-electron chi connectivity index (χ0n) is 13.2. The highest BCUT2D eigenvalue weighted by Gasteiger charge is 2.42. The first-order chi connectivity index (χ1) is 9.95. The number of amides is 1. The fraction of sp³-hybridized carbons (Fsp3) is 0.588. The van der Waals surface area contributed by atoms with Crippen molar-refractivity contribution in [2.24, 2.45) is 0 Å². The quantitative estimate of drug-likeness (QED) is 0.876. The van der Waals surface area contributed by atoms with Crippen LogP contribution in [0.3, 0.4) is 0 Å². The Bertz CT molecular complexity index is 507. The Balaban J connectivity index is 1.75. The van der Waals surface area contributed by atoms with Crippen LogP contribution in [0.4, 0.5) is 0 Å². The molecule has 0 unspecified atom stereocenters. The molecular formula is C17H25NO3. The molecule has 0 atom stereocenters. The van der Waals surface area contributed by atoms with Crippen LogP contribution in [0.2, 0.25) is 0 Å². The second kappa shape index (κ2) is 6.48. The molecular weight excluding hydrogens is 266 g/mol. The van der Waals surface area contributed by atoms with Gasteiger partial charge in [0.15, 0.2) is 0 Å². The summed E-state index contributed by atoms with van der Waals surface area (Å²) in [5.74, 6) is 0.898. The number of benzene rings is 1. The van der Waals surface area contributed by atoms with Crippen LogP contribution in [0.25, 0.3) is 0 Å². The standard InChI is InChI=1S/C17H25NO3/c1-4-9-17(20)11-18(12-17)16(19)8-10-21-15-7-5-6-13(2)14(15)3/h5-7,20H,4,8-12H2,1-3H3. The predicted molar refractivity (Wildman–Crippen MR) is 82.5 cm³/mol. The molecule has 21 heavy (non-hydrogen) atoms. The predicted octanol–water partition coefficient (Wildman–Crippen LogP) is 2.45. The zero-order valence-corrected chi connectivity index (χ0v) is 13.2.